The van der Waals surface area contributed by atoms with Crippen molar-refractivity contribution in [3.63, 3.8) is 0 Å². The average Bonchev–Trinajstić information content (AvgIpc) is 3.31. The summed E-state index contributed by atoms with van der Waals surface area (Å²) in [7, 11) is 0. The summed E-state index contributed by atoms with van der Waals surface area (Å²) in [5.74, 6) is 0.663. The van der Waals surface area contributed by atoms with E-state index in [1.165, 1.54) is 0 Å². The molecule has 0 saturated carbocycles. The molecule has 192 valence electrons. The number of carbonyl (C=O) groups is 1. The van der Waals surface area contributed by atoms with E-state index in [9.17, 15) is 4.79 Å². The molecule has 9 heteroatoms. The average molecular weight is 631 g/mol. The maximum atomic E-state index is 13.3. The van der Waals surface area contributed by atoms with Gasteiger partial charge in [0.2, 0.25) is 5.91 Å². The third kappa shape index (κ3) is 6.70. The number of aliphatic hydroxyl groups excluding tert-OH is 1. The topological polar surface area (TPSA) is 113 Å². The number of aromatic nitrogens is 2. The monoisotopic (exact) mass is 630 g/mol. The molecule has 0 spiro atoms. The number of benzene rings is 3. The number of ether oxygens (including phenoxy) is 1. The van der Waals surface area contributed by atoms with Crippen LogP contribution in [0.15, 0.2) is 78.9 Å². The Kier molecular flexibility index (Phi) is 9.20. The van der Waals surface area contributed by atoms with Gasteiger partial charge in [-0.1, -0.05) is 73.1 Å². The molecule has 0 aliphatic carbocycles. The maximum absolute atomic E-state index is 13.3. The molecule has 3 aromatic carbocycles. The highest BCUT2D eigenvalue weighted by Gasteiger charge is 2.29. The number of hydrogen-bond acceptors (Lipinski definition) is 5. The van der Waals surface area contributed by atoms with Crippen LogP contribution >= 0.6 is 34.2 Å². The van der Waals surface area contributed by atoms with Crippen molar-refractivity contribution in [3.8, 4) is 17.0 Å². The fourth-order valence-electron chi connectivity index (χ4n) is 4.02. The Balaban J connectivity index is 1.61. The van der Waals surface area contributed by atoms with E-state index in [0.717, 1.165) is 14.7 Å². The highest BCUT2D eigenvalue weighted by molar-refractivity contribution is 14.1. The second kappa shape index (κ2) is 12.6. The zero-order chi connectivity index (χ0) is 26.4. The van der Waals surface area contributed by atoms with Crippen molar-refractivity contribution < 1.29 is 14.6 Å². The second-order valence-electron chi connectivity index (χ2n) is 8.60. The molecule has 1 aromatic heterocycles. The SMILES string of the molecule is C[C@H](c1ccccc1)[C@H](NC(=O)[C@H](N)c1ccc(OCCO)cc1)c1nc(-c2ccc(I)cc2)c(Cl)[nH]1. The summed E-state index contributed by atoms with van der Waals surface area (Å²) in [5.41, 5.74) is 9.52. The Morgan fingerprint density at radius 3 is 2.41 bits per heavy atom. The molecule has 1 heterocycles. The minimum absolute atomic E-state index is 0.0766. The van der Waals surface area contributed by atoms with Crippen molar-refractivity contribution in [2.24, 2.45) is 5.73 Å². The van der Waals surface area contributed by atoms with Crippen LogP contribution in [0.1, 0.15) is 41.9 Å². The van der Waals surface area contributed by atoms with E-state index in [4.69, 9.17) is 32.2 Å². The number of nitrogens with zero attached hydrogens (tertiary/aromatic N) is 1. The number of nitrogens with one attached hydrogen (secondary N) is 2. The van der Waals surface area contributed by atoms with E-state index >= 15 is 0 Å². The van der Waals surface area contributed by atoms with Gasteiger partial charge in [0, 0.05) is 15.1 Å². The molecule has 4 rings (SSSR count). The Morgan fingerprint density at radius 1 is 1.08 bits per heavy atom. The summed E-state index contributed by atoms with van der Waals surface area (Å²) in [6.45, 7) is 2.15. The van der Waals surface area contributed by atoms with Crippen molar-refractivity contribution in [2.75, 3.05) is 13.2 Å². The second-order valence-corrected chi connectivity index (χ2v) is 10.2. The molecular formula is C28H28ClIN4O3. The molecule has 0 unspecified atom stereocenters. The van der Waals surface area contributed by atoms with Crippen molar-refractivity contribution in [2.45, 2.75) is 24.9 Å². The van der Waals surface area contributed by atoms with Crippen LogP contribution < -0.4 is 15.8 Å². The molecule has 0 aliphatic rings. The fourth-order valence-corrected chi connectivity index (χ4v) is 4.63. The van der Waals surface area contributed by atoms with Crippen LogP contribution in [0.2, 0.25) is 5.15 Å². The van der Waals surface area contributed by atoms with Gasteiger partial charge >= 0.3 is 0 Å². The third-order valence-electron chi connectivity index (χ3n) is 6.10. The van der Waals surface area contributed by atoms with E-state index < -0.39 is 12.1 Å². The summed E-state index contributed by atoms with van der Waals surface area (Å²) in [6, 6.07) is 23.3. The van der Waals surface area contributed by atoms with Crippen LogP contribution in [0.5, 0.6) is 5.75 Å². The minimum atomic E-state index is -0.904. The number of halogens is 2. The smallest absolute Gasteiger partial charge is 0.242 e. The van der Waals surface area contributed by atoms with Crippen LogP contribution in [0, 0.1) is 3.57 Å². The number of hydrogen-bond donors (Lipinski definition) is 4. The first-order valence-corrected chi connectivity index (χ1v) is 13.3. The number of amides is 1. The van der Waals surface area contributed by atoms with Gasteiger partial charge in [0.1, 0.15) is 35.1 Å². The van der Waals surface area contributed by atoms with Gasteiger partial charge in [0.25, 0.3) is 0 Å². The fraction of sp³-hybridized carbons (Fsp3) is 0.214. The van der Waals surface area contributed by atoms with Crippen LogP contribution in [0.4, 0.5) is 0 Å². The Morgan fingerprint density at radius 2 is 1.76 bits per heavy atom. The molecule has 7 nitrogen and oxygen atoms in total. The number of imidazole rings is 1. The molecule has 4 aromatic rings. The van der Waals surface area contributed by atoms with Gasteiger partial charge in [-0.05, 0) is 58.0 Å². The first kappa shape index (κ1) is 27.1. The number of nitrogens with two attached hydrogens (primary N) is 1. The zero-order valence-electron chi connectivity index (χ0n) is 20.2. The van der Waals surface area contributed by atoms with Crippen molar-refractivity contribution in [1.82, 2.24) is 15.3 Å². The summed E-state index contributed by atoms with van der Waals surface area (Å²) in [5, 5.41) is 12.4. The number of rotatable bonds is 10. The Bertz CT molecular complexity index is 1310. The first-order chi connectivity index (χ1) is 17.9. The lowest BCUT2D eigenvalue weighted by atomic mass is 9.92. The molecule has 0 saturated heterocycles. The molecular weight excluding hydrogens is 603 g/mol. The normalized spacial score (nSPS) is 13.5. The predicted molar refractivity (Wildman–Crippen MR) is 153 cm³/mol. The standard InChI is InChI=1S/C28H28ClIN4O3/c1-17(18-5-3-2-4-6-18)24(27-32-25(26(29)34-27)20-7-11-21(30)12-8-20)33-28(36)23(31)19-9-13-22(14-10-19)37-16-15-35/h2-14,17,23-24,35H,15-16,31H2,1H3,(H,32,34)(H,33,36)/t17-,23-,24+/m1/s1. The predicted octanol–water partition coefficient (Wildman–Crippen LogP) is 5.37. The van der Waals surface area contributed by atoms with Crippen molar-refractivity contribution in [1.29, 1.82) is 0 Å². The molecule has 0 aliphatic heterocycles. The molecule has 5 N–H and O–H groups in total. The molecule has 0 radical (unpaired) electrons. The molecule has 0 fully saturated rings. The lowest BCUT2D eigenvalue weighted by Crippen LogP contribution is -2.39. The van der Waals surface area contributed by atoms with Gasteiger partial charge < -0.3 is 25.9 Å². The number of H-pyrrole nitrogens is 1. The van der Waals surface area contributed by atoms with E-state index in [1.807, 2.05) is 61.5 Å². The molecule has 0 bridgehead atoms. The van der Waals surface area contributed by atoms with Gasteiger partial charge in [0.05, 0.1) is 12.6 Å². The molecule has 3 atom stereocenters. The maximum Gasteiger partial charge on any atom is 0.242 e. The van der Waals surface area contributed by atoms with Crippen molar-refractivity contribution >= 4 is 40.1 Å². The summed E-state index contributed by atoms with van der Waals surface area (Å²) in [4.78, 5) is 21.3. The molecule has 1 amide bonds. The van der Waals surface area contributed by atoms with Crippen LogP contribution in [0.25, 0.3) is 11.3 Å². The van der Waals surface area contributed by atoms with Crippen LogP contribution in [-0.2, 0) is 4.79 Å². The van der Waals surface area contributed by atoms with Gasteiger partial charge in [-0.3, -0.25) is 4.79 Å². The summed E-state index contributed by atoms with van der Waals surface area (Å²) < 4.78 is 6.50. The zero-order valence-corrected chi connectivity index (χ0v) is 23.1. The van der Waals surface area contributed by atoms with Crippen LogP contribution in [0.3, 0.4) is 0 Å². The van der Waals surface area contributed by atoms with E-state index in [0.29, 0.717) is 28.0 Å². The summed E-state index contributed by atoms with van der Waals surface area (Å²) >= 11 is 8.82. The van der Waals surface area contributed by atoms with E-state index in [2.05, 4.69) is 32.9 Å². The molecule has 37 heavy (non-hydrogen) atoms. The van der Waals surface area contributed by atoms with Crippen LogP contribution in [-0.4, -0.2) is 34.2 Å². The Hall–Kier alpha value is -2.92. The van der Waals surface area contributed by atoms with E-state index in [-0.39, 0.29) is 25.0 Å². The highest BCUT2D eigenvalue weighted by Crippen LogP contribution is 2.34. The van der Waals surface area contributed by atoms with Gasteiger partial charge in [-0.15, -0.1) is 0 Å². The third-order valence-corrected chi connectivity index (χ3v) is 7.09. The minimum Gasteiger partial charge on any atom is -0.491 e. The number of carbonyl (C=O) groups excluding carboxylic acids is 1. The van der Waals surface area contributed by atoms with Gasteiger partial charge in [0.15, 0.2) is 0 Å². The number of aromatic amines is 1. The lowest BCUT2D eigenvalue weighted by molar-refractivity contribution is -0.123. The van der Waals surface area contributed by atoms with Gasteiger partial charge in [-0.2, -0.15) is 0 Å². The largest absolute Gasteiger partial charge is 0.491 e. The quantitative estimate of drug-likeness (QED) is 0.176. The summed E-state index contributed by atoms with van der Waals surface area (Å²) in [6.07, 6.45) is 0. The highest BCUT2D eigenvalue weighted by atomic mass is 127. The lowest BCUT2D eigenvalue weighted by Gasteiger charge is -2.25. The van der Waals surface area contributed by atoms with Crippen molar-refractivity contribution in [3.05, 3.63) is 105 Å². The first-order valence-electron chi connectivity index (χ1n) is 11.8. The van der Waals surface area contributed by atoms with E-state index in [1.54, 1.807) is 24.3 Å². The number of aliphatic hydroxyl groups is 1. The Labute approximate surface area is 234 Å². The van der Waals surface area contributed by atoms with Gasteiger partial charge in [-0.25, -0.2) is 4.98 Å².